The molecule has 1 aromatic rings. The van der Waals surface area contributed by atoms with Gasteiger partial charge in [-0.05, 0) is 62.8 Å². The van der Waals surface area contributed by atoms with E-state index in [-0.39, 0.29) is 15.7 Å². The molecule has 28 heavy (non-hydrogen) atoms. The van der Waals surface area contributed by atoms with Gasteiger partial charge in [-0.25, -0.2) is 9.59 Å². The zero-order chi connectivity index (χ0) is 21.1. The van der Waals surface area contributed by atoms with Gasteiger partial charge in [0, 0.05) is 14.2 Å². The number of esters is 2. The number of carbonyl (C=O) groups excluding carboxylic acids is 2. The van der Waals surface area contributed by atoms with Gasteiger partial charge in [-0.2, -0.15) is 0 Å². The van der Waals surface area contributed by atoms with Gasteiger partial charge in [-0.1, -0.05) is 6.08 Å². The van der Waals surface area contributed by atoms with E-state index in [2.05, 4.69) is 20.7 Å². The normalized spacial score (nSPS) is 14.0. The molecule has 0 aromatic heterocycles. The molecule has 0 amide bonds. The minimum absolute atomic E-state index is 0.0855. The Morgan fingerprint density at radius 3 is 2.29 bits per heavy atom. The quantitative estimate of drug-likeness (QED) is 0.392. The standard InChI is InChI=1S/C17H12BrF3INO5/c1-26-15(24)10-5-3-4-6-23(13(10)16(25)27-2)14-11(18)7-9(8-12(14)22)28-17(19,20)21/h3-8H,1-2H3. The molecule has 0 saturated heterocycles. The molecule has 11 heteroatoms. The fraction of sp³-hybridized carbons (Fsp3) is 0.176. The van der Waals surface area contributed by atoms with Gasteiger partial charge in [0.15, 0.2) is 0 Å². The fourth-order valence-electron chi connectivity index (χ4n) is 2.30. The van der Waals surface area contributed by atoms with Gasteiger partial charge in [0.05, 0.1) is 25.5 Å². The fourth-order valence-corrected chi connectivity index (χ4v) is 4.16. The molecule has 0 bridgehead atoms. The molecular formula is C17H12BrF3INO5. The van der Waals surface area contributed by atoms with E-state index < -0.39 is 24.1 Å². The summed E-state index contributed by atoms with van der Waals surface area (Å²) in [6, 6.07) is 2.25. The monoisotopic (exact) mass is 573 g/mol. The second-order valence-corrected chi connectivity index (χ2v) is 7.12. The first-order chi connectivity index (χ1) is 13.1. The Balaban J connectivity index is 2.67. The van der Waals surface area contributed by atoms with E-state index in [0.717, 1.165) is 26.4 Å². The van der Waals surface area contributed by atoms with E-state index in [0.29, 0.717) is 9.26 Å². The highest BCUT2D eigenvalue weighted by Gasteiger charge is 2.33. The number of rotatable bonds is 4. The summed E-state index contributed by atoms with van der Waals surface area (Å²) in [5, 5.41) is 0. The molecule has 0 aliphatic carbocycles. The number of hydrogen-bond donors (Lipinski definition) is 0. The van der Waals surface area contributed by atoms with Crippen molar-refractivity contribution in [2.75, 3.05) is 19.1 Å². The zero-order valence-electron chi connectivity index (χ0n) is 14.3. The SMILES string of the molecule is COC(=O)C1=C(C(=O)OC)N(c2c(Br)cc(OC(F)(F)F)cc2I)C=CC=C1. The van der Waals surface area contributed by atoms with Crippen molar-refractivity contribution in [3.63, 3.8) is 0 Å². The summed E-state index contributed by atoms with van der Waals surface area (Å²) in [4.78, 5) is 25.9. The van der Waals surface area contributed by atoms with Crippen LogP contribution in [-0.2, 0) is 19.1 Å². The lowest BCUT2D eigenvalue weighted by molar-refractivity contribution is -0.274. The molecule has 0 N–H and O–H groups in total. The first-order valence-electron chi connectivity index (χ1n) is 7.38. The number of allylic oxidation sites excluding steroid dienone is 2. The average molecular weight is 574 g/mol. The number of carbonyl (C=O) groups is 2. The Hall–Kier alpha value is -2.02. The molecule has 1 aliphatic heterocycles. The average Bonchev–Trinajstić information content (AvgIpc) is 2.81. The molecule has 0 atom stereocenters. The minimum Gasteiger partial charge on any atom is -0.465 e. The van der Waals surface area contributed by atoms with E-state index in [4.69, 9.17) is 9.47 Å². The number of halogens is 5. The van der Waals surface area contributed by atoms with Crippen molar-refractivity contribution in [2.45, 2.75) is 6.36 Å². The highest BCUT2D eigenvalue weighted by Crippen LogP contribution is 2.40. The van der Waals surface area contributed by atoms with Gasteiger partial charge in [0.25, 0.3) is 0 Å². The van der Waals surface area contributed by atoms with Crippen LogP contribution in [0.3, 0.4) is 0 Å². The largest absolute Gasteiger partial charge is 0.573 e. The van der Waals surface area contributed by atoms with Gasteiger partial charge < -0.3 is 19.1 Å². The second-order valence-electron chi connectivity index (χ2n) is 5.10. The number of anilines is 1. The van der Waals surface area contributed by atoms with E-state index in [1.54, 1.807) is 28.7 Å². The minimum atomic E-state index is -4.86. The van der Waals surface area contributed by atoms with Crippen molar-refractivity contribution < 1.29 is 37.0 Å². The van der Waals surface area contributed by atoms with Crippen molar-refractivity contribution in [1.82, 2.24) is 0 Å². The van der Waals surface area contributed by atoms with Crippen LogP contribution in [0.4, 0.5) is 18.9 Å². The van der Waals surface area contributed by atoms with Crippen LogP contribution in [0.2, 0.25) is 0 Å². The topological polar surface area (TPSA) is 65.1 Å². The van der Waals surface area contributed by atoms with Crippen molar-refractivity contribution in [2.24, 2.45) is 0 Å². The maximum atomic E-state index is 12.5. The van der Waals surface area contributed by atoms with Gasteiger partial charge in [0.2, 0.25) is 0 Å². The highest BCUT2D eigenvalue weighted by atomic mass is 127. The number of methoxy groups -OCH3 is 2. The molecule has 0 unspecified atom stereocenters. The van der Waals surface area contributed by atoms with Crippen LogP contribution in [0.15, 0.2) is 52.3 Å². The van der Waals surface area contributed by atoms with Crippen molar-refractivity contribution in [3.8, 4) is 5.75 Å². The van der Waals surface area contributed by atoms with Gasteiger partial charge in [-0.3, -0.25) is 0 Å². The van der Waals surface area contributed by atoms with E-state index in [1.165, 1.54) is 23.3 Å². The predicted molar refractivity (Wildman–Crippen MR) is 105 cm³/mol. The summed E-state index contributed by atoms with van der Waals surface area (Å²) in [6.07, 6.45) is 1.03. The first kappa shape index (κ1) is 22.3. The number of alkyl halides is 3. The summed E-state index contributed by atoms with van der Waals surface area (Å²) in [5.74, 6) is -2.07. The third-order valence-electron chi connectivity index (χ3n) is 3.35. The molecule has 0 saturated carbocycles. The number of benzene rings is 1. The zero-order valence-corrected chi connectivity index (χ0v) is 18.1. The lowest BCUT2D eigenvalue weighted by Crippen LogP contribution is -2.28. The molecular weight excluding hydrogens is 562 g/mol. The molecule has 0 spiro atoms. The summed E-state index contributed by atoms with van der Waals surface area (Å²) in [5.41, 5.74) is 0.0528. The van der Waals surface area contributed by atoms with E-state index in [9.17, 15) is 22.8 Å². The maximum Gasteiger partial charge on any atom is 0.573 e. The van der Waals surface area contributed by atoms with Crippen LogP contribution < -0.4 is 9.64 Å². The van der Waals surface area contributed by atoms with Crippen LogP contribution in [-0.4, -0.2) is 32.5 Å². The highest BCUT2D eigenvalue weighted by molar-refractivity contribution is 14.1. The van der Waals surface area contributed by atoms with Crippen molar-refractivity contribution >= 4 is 56.1 Å². The first-order valence-corrected chi connectivity index (χ1v) is 9.26. The molecule has 0 fully saturated rings. The van der Waals surface area contributed by atoms with Crippen LogP contribution in [0.25, 0.3) is 0 Å². The van der Waals surface area contributed by atoms with Crippen LogP contribution in [0.1, 0.15) is 0 Å². The van der Waals surface area contributed by atoms with Gasteiger partial charge in [-0.15, -0.1) is 13.2 Å². The summed E-state index contributed by atoms with van der Waals surface area (Å²) >= 11 is 4.99. The summed E-state index contributed by atoms with van der Waals surface area (Å²) < 4.78 is 51.5. The van der Waals surface area contributed by atoms with E-state index in [1.807, 2.05) is 0 Å². The lowest BCUT2D eigenvalue weighted by atomic mass is 10.1. The maximum absolute atomic E-state index is 12.5. The summed E-state index contributed by atoms with van der Waals surface area (Å²) in [6.45, 7) is 0. The Bertz CT molecular complexity index is 872. The van der Waals surface area contributed by atoms with E-state index >= 15 is 0 Å². The van der Waals surface area contributed by atoms with Crippen LogP contribution in [0, 0.1) is 3.57 Å². The third-order valence-corrected chi connectivity index (χ3v) is 4.78. The van der Waals surface area contributed by atoms with Crippen LogP contribution >= 0.6 is 38.5 Å². The molecule has 150 valence electrons. The molecule has 1 aromatic carbocycles. The molecule has 0 radical (unpaired) electrons. The predicted octanol–water partition coefficient (Wildman–Crippen LogP) is 4.44. The van der Waals surface area contributed by atoms with Crippen molar-refractivity contribution in [3.05, 3.63) is 55.9 Å². The van der Waals surface area contributed by atoms with Gasteiger partial charge in [0.1, 0.15) is 11.4 Å². The Labute approximate surface area is 179 Å². The molecule has 1 aliphatic rings. The number of nitrogens with zero attached hydrogens (tertiary/aromatic N) is 1. The molecule has 6 nitrogen and oxygen atoms in total. The number of ether oxygens (including phenoxy) is 3. The van der Waals surface area contributed by atoms with Gasteiger partial charge >= 0.3 is 18.3 Å². The smallest absolute Gasteiger partial charge is 0.465 e. The third kappa shape index (κ3) is 5.07. The Morgan fingerprint density at radius 2 is 1.75 bits per heavy atom. The Morgan fingerprint density at radius 1 is 1.11 bits per heavy atom. The summed E-state index contributed by atoms with van der Waals surface area (Å²) in [7, 11) is 2.30. The van der Waals surface area contributed by atoms with Crippen LogP contribution in [0.5, 0.6) is 5.75 Å². The molecule has 2 rings (SSSR count). The van der Waals surface area contributed by atoms with Crippen molar-refractivity contribution in [1.29, 1.82) is 0 Å². The second kappa shape index (κ2) is 8.99. The number of hydrogen-bond acceptors (Lipinski definition) is 6. The lowest BCUT2D eigenvalue weighted by Gasteiger charge is -2.25. The Kier molecular flexibility index (Phi) is 7.15. The molecule has 1 heterocycles.